The molecule has 0 aliphatic heterocycles. The highest BCUT2D eigenvalue weighted by Gasteiger charge is 2.29. The first kappa shape index (κ1) is 20.2. The molecule has 1 N–H and O–H groups in total. The lowest BCUT2D eigenvalue weighted by Crippen LogP contribution is -2.14. The molecule has 0 fully saturated rings. The van der Waals surface area contributed by atoms with Gasteiger partial charge < -0.3 is 5.32 Å². The molecule has 1 amide bonds. The Kier molecular flexibility index (Phi) is 6.21. The van der Waals surface area contributed by atoms with Crippen LogP contribution in [0.2, 0.25) is 5.02 Å². The Morgan fingerprint density at radius 1 is 0.964 bits per heavy atom. The number of aromatic nitrogens is 2. The fourth-order valence-corrected chi connectivity index (χ4v) is 2.99. The third kappa shape index (κ3) is 5.46. The van der Waals surface area contributed by atoms with E-state index in [0.717, 1.165) is 17.7 Å². The van der Waals surface area contributed by atoms with Crippen LogP contribution in [0.4, 0.5) is 18.9 Å². The summed E-state index contributed by atoms with van der Waals surface area (Å²) in [6, 6.07) is 15.0. The van der Waals surface area contributed by atoms with E-state index >= 15 is 0 Å². The second-order valence-corrected chi connectivity index (χ2v) is 7.11. The maximum Gasteiger partial charge on any atom is 0.416 e. The van der Waals surface area contributed by atoms with Crippen molar-refractivity contribution < 1.29 is 18.0 Å². The number of carbonyl (C=O) groups excluding carboxylic acids is 1. The molecule has 0 saturated carbocycles. The number of nitrogens with one attached hydrogen (secondary N) is 1. The van der Waals surface area contributed by atoms with Crippen LogP contribution in [-0.2, 0) is 11.0 Å². The summed E-state index contributed by atoms with van der Waals surface area (Å²) in [6.45, 7) is 0. The number of carbonyl (C=O) groups is 1. The van der Waals surface area contributed by atoms with Gasteiger partial charge in [-0.1, -0.05) is 35.5 Å². The number of alkyl halides is 3. The van der Waals surface area contributed by atoms with Gasteiger partial charge in [0.05, 0.1) is 17.0 Å². The maximum atomic E-state index is 12.5. The van der Waals surface area contributed by atoms with Gasteiger partial charge in [0.15, 0.2) is 0 Å². The summed E-state index contributed by atoms with van der Waals surface area (Å²) in [5, 5.41) is 11.9. The van der Waals surface area contributed by atoms with Crippen molar-refractivity contribution >= 4 is 35.0 Å². The Morgan fingerprint density at radius 3 is 2.21 bits per heavy atom. The van der Waals surface area contributed by atoms with E-state index in [9.17, 15) is 18.0 Å². The summed E-state index contributed by atoms with van der Waals surface area (Å²) in [5.41, 5.74) is 1.07. The molecule has 144 valence electrons. The van der Waals surface area contributed by atoms with E-state index in [1.807, 2.05) is 12.1 Å². The second kappa shape index (κ2) is 8.62. The number of halogens is 4. The van der Waals surface area contributed by atoms with Crippen LogP contribution in [0, 0.1) is 0 Å². The summed E-state index contributed by atoms with van der Waals surface area (Å²) >= 11 is 7.03. The molecular formula is C19H13ClF3N3OS. The van der Waals surface area contributed by atoms with Crippen molar-refractivity contribution in [2.75, 3.05) is 11.1 Å². The fraction of sp³-hybridized carbons (Fsp3) is 0.105. The van der Waals surface area contributed by atoms with Gasteiger partial charge in [-0.05, 0) is 48.5 Å². The zero-order valence-corrected chi connectivity index (χ0v) is 15.8. The van der Waals surface area contributed by atoms with Crippen LogP contribution in [0.25, 0.3) is 11.3 Å². The highest BCUT2D eigenvalue weighted by atomic mass is 35.5. The number of hydrogen-bond donors (Lipinski definition) is 1. The Balaban J connectivity index is 1.53. The maximum absolute atomic E-state index is 12.5. The molecule has 4 nitrogen and oxygen atoms in total. The standard InChI is InChI=1S/C19H13ClF3N3OS/c20-14-5-1-12(2-6-14)16-9-10-18(26-25-16)28-11-17(27)24-15-7-3-13(4-8-15)19(21,22)23/h1-10H,11H2,(H,24,27). The highest BCUT2D eigenvalue weighted by molar-refractivity contribution is 7.99. The predicted molar refractivity (Wildman–Crippen MR) is 103 cm³/mol. The number of rotatable bonds is 5. The molecule has 0 aliphatic carbocycles. The summed E-state index contributed by atoms with van der Waals surface area (Å²) in [5.74, 6) is -0.302. The van der Waals surface area contributed by atoms with Crippen molar-refractivity contribution in [3.63, 3.8) is 0 Å². The van der Waals surface area contributed by atoms with E-state index in [0.29, 0.717) is 21.4 Å². The van der Waals surface area contributed by atoms with Crippen molar-refractivity contribution in [3.05, 3.63) is 71.2 Å². The number of anilines is 1. The van der Waals surface area contributed by atoms with Gasteiger partial charge in [-0.2, -0.15) is 13.2 Å². The van der Waals surface area contributed by atoms with Gasteiger partial charge in [0.1, 0.15) is 5.03 Å². The van der Waals surface area contributed by atoms with Gasteiger partial charge in [0, 0.05) is 16.3 Å². The quantitative estimate of drug-likeness (QED) is 0.547. The number of nitrogens with zero attached hydrogens (tertiary/aromatic N) is 2. The van der Waals surface area contributed by atoms with E-state index < -0.39 is 11.7 Å². The zero-order chi connectivity index (χ0) is 20.1. The third-order valence-corrected chi connectivity index (χ3v) is 4.80. The Morgan fingerprint density at radius 2 is 1.64 bits per heavy atom. The van der Waals surface area contributed by atoms with Gasteiger partial charge in [0.2, 0.25) is 5.91 Å². The molecule has 9 heteroatoms. The topological polar surface area (TPSA) is 54.9 Å². The number of hydrogen-bond acceptors (Lipinski definition) is 4. The van der Waals surface area contributed by atoms with E-state index in [-0.39, 0.29) is 11.7 Å². The van der Waals surface area contributed by atoms with Gasteiger partial charge in [0.25, 0.3) is 0 Å². The molecule has 0 spiro atoms. The fourth-order valence-electron chi connectivity index (χ4n) is 2.25. The second-order valence-electron chi connectivity index (χ2n) is 5.68. The minimum absolute atomic E-state index is 0.0516. The Labute approximate surface area is 168 Å². The lowest BCUT2D eigenvalue weighted by molar-refractivity contribution is -0.137. The number of benzene rings is 2. The minimum atomic E-state index is -4.41. The zero-order valence-electron chi connectivity index (χ0n) is 14.2. The molecule has 28 heavy (non-hydrogen) atoms. The van der Waals surface area contributed by atoms with Crippen molar-refractivity contribution in [2.24, 2.45) is 0 Å². The summed E-state index contributed by atoms with van der Waals surface area (Å²) in [7, 11) is 0. The first-order valence-corrected chi connectivity index (χ1v) is 9.37. The molecule has 1 heterocycles. The summed E-state index contributed by atoms with van der Waals surface area (Å²) < 4.78 is 37.6. The van der Waals surface area contributed by atoms with Crippen LogP contribution in [0.5, 0.6) is 0 Å². The van der Waals surface area contributed by atoms with Crippen molar-refractivity contribution in [2.45, 2.75) is 11.2 Å². The summed E-state index contributed by atoms with van der Waals surface area (Å²) in [4.78, 5) is 12.0. The number of thioether (sulfide) groups is 1. The van der Waals surface area contributed by atoms with E-state index in [2.05, 4.69) is 15.5 Å². The van der Waals surface area contributed by atoms with Gasteiger partial charge in [-0.3, -0.25) is 4.79 Å². The molecule has 3 rings (SSSR count). The Hall–Kier alpha value is -2.58. The molecular weight excluding hydrogens is 411 g/mol. The van der Waals surface area contributed by atoms with Crippen LogP contribution in [0.1, 0.15) is 5.56 Å². The van der Waals surface area contributed by atoms with E-state index in [4.69, 9.17) is 11.6 Å². The largest absolute Gasteiger partial charge is 0.416 e. The van der Waals surface area contributed by atoms with Crippen LogP contribution in [-0.4, -0.2) is 21.9 Å². The van der Waals surface area contributed by atoms with Crippen molar-refractivity contribution in [3.8, 4) is 11.3 Å². The SMILES string of the molecule is O=C(CSc1ccc(-c2ccc(Cl)cc2)nn1)Nc1ccc(C(F)(F)F)cc1. The molecule has 0 aliphatic rings. The highest BCUT2D eigenvalue weighted by Crippen LogP contribution is 2.30. The molecule has 1 aromatic heterocycles. The van der Waals surface area contributed by atoms with Crippen LogP contribution >= 0.6 is 23.4 Å². The van der Waals surface area contributed by atoms with E-state index in [1.54, 1.807) is 24.3 Å². The van der Waals surface area contributed by atoms with E-state index in [1.165, 1.54) is 23.9 Å². The van der Waals surface area contributed by atoms with Crippen LogP contribution < -0.4 is 5.32 Å². The number of amides is 1. The van der Waals surface area contributed by atoms with Crippen LogP contribution in [0.3, 0.4) is 0 Å². The summed E-state index contributed by atoms with van der Waals surface area (Å²) in [6.07, 6.45) is -4.41. The third-order valence-electron chi connectivity index (χ3n) is 3.63. The first-order chi connectivity index (χ1) is 13.3. The normalized spacial score (nSPS) is 11.3. The molecule has 0 radical (unpaired) electrons. The monoisotopic (exact) mass is 423 g/mol. The van der Waals surface area contributed by atoms with Gasteiger partial charge in [-0.25, -0.2) is 0 Å². The minimum Gasteiger partial charge on any atom is -0.325 e. The average Bonchev–Trinajstić information content (AvgIpc) is 2.67. The average molecular weight is 424 g/mol. The molecule has 3 aromatic rings. The van der Waals surface area contributed by atoms with Crippen molar-refractivity contribution in [1.82, 2.24) is 10.2 Å². The molecule has 2 aromatic carbocycles. The molecule has 0 unspecified atom stereocenters. The van der Waals surface area contributed by atoms with Gasteiger partial charge >= 0.3 is 6.18 Å². The lowest BCUT2D eigenvalue weighted by Gasteiger charge is -2.08. The molecule has 0 bridgehead atoms. The van der Waals surface area contributed by atoms with Gasteiger partial charge in [-0.15, -0.1) is 10.2 Å². The first-order valence-electron chi connectivity index (χ1n) is 8.01. The van der Waals surface area contributed by atoms with Crippen molar-refractivity contribution in [1.29, 1.82) is 0 Å². The molecule has 0 atom stereocenters. The van der Waals surface area contributed by atoms with Crippen LogP contribution in [0.15, 0.2) is 65.7 Å². The molecule has 0 saturated heterocycles. The lowest BCUT2D eigenvalue weighted by atomic mass is 10.1. The predicted octanol–water partition coefficient (Wildman–Crippen LogP) is 5.55. The Bertz CT molecular complexity index is 946. The smallest absolute Gasteiger partial charge is 0.325 e.